The molecule has 0 radical (unpaired) electrons. The number of benzene rings is 2. The normalized spacial score (nSPS) is 15.8. The molecule has 1 aliphatic rings. The van der Waals surface area contributed by atoms with Crippen LogP contribution in [0.1, 0.15) is 5.56 Å². The Kier molecular flexibility index (Phi) is 3.81. The first-order valence-electron chi connectivity index (χ1n) is 8.29. The number of hydrogen-bond acceptors (Lipinski definition) is 5. The van der Waals surface area contributed by atoms with Crippen molar-refractivity contribution in [1.29, 1.82) is 0 Å². The predicted octanol–water partition coefficient (Wildman–Crippen LogP) is 5.44. The van der Waals surface area contributed by atoms with Crippen LogP contribution in [0.15, 0.2) is 65.0 Å². The van der Waals surface area contributed by atoms with E-state index < -0.39 is 0 Å². The number of thioether (sulfide) groups is 1. The maximum Gasteiger partial charge on any atom is 0.290 e. The van der Waals surface area contributed by atoms with Crippen molar-refractivity contribution in [3.05, 3.63) is 70.6 Å². The summed E-state index contributed by atoms with van der Waals surface area (Å²) in [5, 5.41) is 6.36. The number of hydrogen-bond donors (Lipinski definition) is 1. The van der Waals surface area contributed by atoms with Crippen molar-refractivity contribution >= 4 is 61.3 Å². The molecule has 6 heteroatoms. The molecule has 0 aliphatic carbocycles. The highest BCUT2D eigenvalue weighted by Gasteiger charge is 2.25. The minimum Gasteiger partial charge on any atom is -0.282 e. The first kappa shape index (κ1) is 16.2. The number of imide groups is 1. The molecule has 3 heterocycles. The molecule has 130 valence electrons. The molecule has 1 saturated heterocycles. The second kappa shape index (κ2) is 6.33. The van der Waals surface area contributed by atoms with Crippen LogP contribution in [-0.2, 0) is 4.79 Å². The highest BCUT2D eigenvalue weighted by molar-refractivity contribution is 8.18. The number of nitrogens with one attached hydrogen (secondary N) is 1. The molecule has 2 aromatic heterocycles. The number of fused-ring (bicyclic) bond motifs is 2. The Morgan fingerprint density at radius 2 is 1.85 bits per heavy atom. The molecule has 0 bridgehead atoms. The molecular formula is C21H12N2O2S2. The summed E-state index contributed by atoms with van der Waals surface area (Å²) in [7, 11) is 0. The fourth-order valence-electron chi connectivity index (χ4n) is 3.25. The maximum absolute atomic E-state index is 11.8. The van der Waals surface area contributed by atoms with Gasteiger partial charge in [0.05, 0.1) is 10.4 Å². The molecule has 27 heavy (non-hydrogen) atoms. The molecule has 1 aliphatic heterocycles. The average molecular weight is 388 g/mol. The second-order valence-corrected chi connectivity index (χ2v) is 8.06. The molecule has 0 spiro atoms. The van der Waals surface area contributed by atoms with Gasteiger partial charge in [0.15, 0.2) is 0 Å². The van der Waals surface area contributed by atoms with Crippen LogP contribution in [0.3, 0.4) is 0 Å². The van der Waals surface area contributed by atoms with E-state index in [4.69, 9.17) is 0 Å². The van der Waals surface area contributed by atoms with Gasteiger partial charge in [-0.2, -0.15) is 0 Å². The summed E-state index contributed by atoms with van der Waals surface area (Å²) in [6.07, 6.45) is 3.56. The Morgan fingerprint density at radius 3 is 2.70 bits per heavy atom. The Balaban J connectivity index is 1.69. The number of carbonyl (C=O) groups is 2. The van der Waals surface area contributed by atoms with Crippen molar-refractivity contribution < 1.29 is 9.59 Å². The van der Waals surface area contributed by atoms with Crippen molar-refractivity contribution in [3.8, 4) is 11.1 Å². The summed E-state index contributed by atoms with van der Waals surface area (Å²) in [6, 6.07) is 16.2. The average Bonchev–Trinajstić information content (AvgIpc) is 3.24. The molecule has 5 rings (SSSR count). The van der Waals surface area contributed by atoms with Gasteiger partial charge in [-0.1, -0.05) is 24.3 Å². The van der Waals surface area contributed by atoms with Crippen molar-refractivity contribution in [2.24, 2.45) is 0 Å². The van der Waals surface area contributed by atoms with Gasteiger partial charge in [0.1, 0.15) is 0 Å². The van der Waals surface area contributed by atoms with E-state index >= 15 is 0 Å². The van der Waals surface area contributed by atoms with Gasteiger partial charge in [-0.05, 0) is 58.6 Å². The van der Waals surface area contributed by atoms with Crippen LogP contribution in [-0.4, -0.2) is 16.1 Å². The third kappa shape index (κ3) is 2.83. The summed E-state index contributed by atoms with van der Waals surface area (Å²) in [5.41, 5.74) is 4.04. The number of amides is 2. The number of thiophene rings is 1. The standard InChI is InChI=1S/C21H12N2O2S2/c24-20-19(27-21(25)23-20)10-12-5-6-17-15(9-12)13(7-8-22-17)16-11-26-18-4-2-1-3-14(16)18/h1-11H,(H,23,24,25). The van der Waals surface area contributed by atoms with Gasteiger partial charge in [0.2, 0.25) is 0 Å². The van der Waals surface area contributed by atoms with Crippen molar-refractivity contribution in [2.75, 3.05) is 0 Å². The topological polar surface area (TPSA) is 59.1 Å². The lowest BCUT2D eigenvalue weighted by molar-refractivity contribution is -0.115. The third-order valence-corrected chi connectivity index (χ3v) is 6.25. The molecule has 4 nitrogen and oxygen atoms in total. The third-order valence-electron chi connectivity index (χ3n) is 4.48. The number of rotatable bonds is 2. The molecule has 0 atom stereocenters. The van der Waals surface area contributed by atoms with Gasteiger partial charge in [-0.3, -0.25) is 19.9 Å². The minimum absolute atomic E-state index is 0.334. The minimum atomic E-state index is -0.347. The van der Waals surface area contributed by atoms with E-state index in [-0.39, 0.29) is 11.1 Å². The molecule has 2 amide bonds. The van der Waals surface area contributed by atoms with Gasteiger partial charge in [0, 0.05) is 27.2 Å². The molecule has 4 aromatic rings. The second-order valence-electron chi connectivity index (χ2n) is 6.13. The number of nitrogens with zero attached hydrogens (tertiary/aromatic N) is 1. The lowest BCUT2D eigenvalue weighted by Gasteiger charge is -2.07. The van der Waals surface area contributed by atoms with E-state index in [9.17, 15) is 9.59 Å². The monoisotopic (exact) mass is 388 g/mol. The Hall–Kier alpha value is -2.96. The largest absolute Gasteiger partial charge is 0.290 e. The first-order valence-corrected chi connectivity index (χ1v) is 9.99. The van der Waals surface area contributed by atoms with Gasteiger partial charge >= 0.3 is 0 Å². The summed E-state index contributed by atoms with van der Waals surface area (Å²) in [6.45, 7) is 0. The number of pyridine rings is 1. The fourth-order valence-corrected chi connectivity index (χ4v) is 4.89. The lowest BCUT2D eigenvalue weighted by atomic mass is 9.99. The lowest BCUT2D eigenvalue weighted by Crippen LogP contribution is -2.17. The Bertz CT molecular complexity index is 1270. The molecule has 0 saturated carbocycles. The van der Waals surface area contributed by atoms with E-state index in [0.29, 0.717) is 4.91 Å². The molecule has 1 N–H and O–H groups in total. The predicted molar refractivity (Wildman–Crippen MR) is 112 cm³/mol. The van der Waals surface area contributed by atoms with Crippen LogP contribution in [0.2, 0.25) is 0 Å². The Labute approximate surface area is 162 Å². The molecule has 2 aromatic carbocycles. The zero-order valence-corrected chi connectivity index (χ0v) is 15.6. The van der Waals surface area contributed by atoms with Crippen molar-refractivity contribution in [2.45, 2.75) is 0 Å². The smallest absolute Gasteiger partial charge is 0.282 e. The van der Waals surface area contributed by atoms with Crippen LogP contribution < -0.4 is 5.32 Å². The van der Waals surface area contributed by atoms with Crippen LogP contribution in [0.5, 0.6) is 0 Å². The highest BCUT2D eigenvalue weighted by atomic mass is 32.2. The van der Waals surface area contributed by atoms with Gasteiger partial charge in [-0.15, -0.1) is 11.3 Å². The van der Waals surface area contributed by atoms with Gasteiger partial charge in [0.25, 0.3) is 11.1 Å². The molecular weight excluding hydrogens is 376 g/mol. The van der Waals surface area contributed by atoms with E-state index in [1.54, 1.807) is 17.4 Å². The van der Waals surface area contributed by atoms with Gasteiger partial charge in [-0.25, -0.2) is 0 Å². The van der Waals surface area contributed by atoms with Crippen LogP contribution in [0.4, 0.5) is 4.79 Å². The summed E-state index contributed by atoms with van der Waals surface area (Å²) < 4.78 is 1.24. The highest BCUT2D eigenvalue weighted by Crippen LogP contribution is 2.37. The van der Waals surface area contributed by atoms with Crippen molar-refractivity contribution in [3.63, 3.8) is 0 Å². The van der Waals surface area contributed by atoms with Crippen molar-refractivity contribution in [1.82, 2.24) is 10.3 Å². The van der Waals surface area contributed by atoms with E-state index in [1.807, 2.05) is 42.6 Å². The Morgan fingerprint density at radius 1 is 0.963 bits per heavy atom. The SMILES string of the molecule is O=C1NC(=O)C(=Cc2ccc3nccc(-c4csc5ccccc45)c3c2)S1. The summed E-state index contributed by atoms with van der Waals surface area (Å²) in [5.74, 6) is -0.347. The quantitative estimate of drug-likeness (QED) is 0.465. The maximum atomic E-state index is 11.8. The van der Waals surface area contributed by atoms with E-state index in [0.717, 1.165) is 33.8 Å². The van der Waals surface area contributed by atoms with Gasteiger partial charge < -0.3 is 0 Å². The van der Waals surface area contributed by atoms with Crippen LogP contribution in [0, 0.1) is 0 Å². The summed E-state index contributed by atoms with van der Waals surface area (Å²) in [4.78, 5) is 28.1. The molecule has 0 unspecified atom stereocenters. The zero-order valence-electron chi connectivity index (χ0n) is 13.9. The van der Waals surface area contributed by atoms with Crippen LogP contribution >= 0.6 is 23.1 Å². The number of carbonyl (C=O) groups excluding carboxylic acids is 2. The number of aromatic nitrogens is 1. The van der Waals surface area contributed by atoms with E-state index in [1.165, 1.54) is 15.6 Å². The fraction of sp³-hybridized carbons (Fsp3) is 0. The first-order chi connectivity index (χ1) is 13.2. The molecule has 1 fully saturated rings. The zero-order chi connectivity index (χ0) is 18.4. The van der Waals surface area contributed by atoms with E-state index in [2.05, 4.69) is 27.8 Å². The summed E-state index contributed by atoms with van der Waals surface area (Å²) >= 11 is 2.65. The van der Waals surface area contributed by atoms with Crippen LogP contribution in [0.25, 0.3) is 38.2 Å².